The Morgan fingerprint density at radius 1 is 1.18 bits per heavy atom. The van der Waals surface area contributed by atoms with Crippen molar-refractivity contribution in [3.63, 3.8) is 0 Å². The van der Waals surface area contributed by atoms with Gasteiger partial charge in [0.2, 0.25) is 15.9 Å². The van der Waals surface area contributed by atoms with Crippen LogP contribution in [0, 0.1) is 17.2 Å². The smallest absolute Gasteiger partial charge is 0.241 e. The van der Waals surface area contributed by atoms with Crippen LogP contribution in [0.4, 0.5) is 4.39 Å². The van der Waals surface area contributed by atoms with Crippen molar-refractivity contribution in [3.8, 4) is 0 Å². The molecule has 1 N–H and O–H groups in total. The SMILES string of the molecule is CS(=O)(=O)NC(Cc1ccc(F)cc1)C(=O)N1CCC(Cn2ccnc2)(C2CCCCC2)CC1. The topological polar surface area (TPSA) is 84.3 Å². The van der Waals surface area contributed by atoms with Crippen LogP contribution in [0.1, 0.15) is 50.5 Å². The molecule has 1 saturated carbocycles. The molecule has 0 radical (unpaired) electrons. The molecule has 0 bridgehead atoms. The number of sulfonamides is 1. The number of imidazole rings is 1. The maximum absolute atomic E-state index is 13.5. The van der Waals surface area contributed by atoms with Crippen molar-refractivity contribution < 1.29 is 17.6 Å². The first kappa shape index (κ1) is 24.9. The van der Waals surface area contributed by atoms with Crippen LogP contribution in [0.2, 0.25) is 0 Å². The molecule has 1 aromatic heterocycles. The zero-order chi connectivity index (χ0) is 24.2. The molecule has 2 aromatic rings. The number of carbonyl (C=O) groups excluding carboxylic acids is 1. The van der Waals surface area contributed by atoms with E-state index in [1.807, 2.05) is 18.7 Å². The van der Waals surface area contributed by atoms with Gasteiger partial charge in [-0.3, -0.25) is 4.79 Å². The van der Waals surface area contributed by atoms with E-state index in [1.165, 1.54) is 44.2 Å². The Morgan fingerprint density at radius 2 is 1.85 bits per heavy atom. The third-order valence-corrected chi connectivity index (χ3v) is 8.32. The summed E-state index contributed by atoms with van der Waals surface area (Å²) in [6.07, 6.45) is 15.0. The highest BCUT2D eigenvalue weighted by Crippen LogP contribution is 2.47. The number of aromatic nitrogens is 2. The summed E-state index contributed by atoms with van der Waals surface area (Å²) in [5.74, 6) is 0.0513. The first-order valence-electron chi connectivity index (χ1n) is 12.2. The average Bonchev–Trinajstić information content (AvgIpc) is 3.33. The van der Waals surface area contributed by atoms with Gasteiger partial charge >= 0.3 is 0 Å². The lowest BCUT2D eigenvalue weighted by Gasteiger charge is -2.48. The molecular formula is C25H35FN4O3S. The zero-order valence-electron chi connectivity index (χ0n) is 19.8. The molecule has 1 aliphatic carbocycles. The van der Waals surface area contributed by atoms with Crippen molar-refractivity contribution in [2.24, 2.45) is 11.3 Å². The highest BCUT2D eigenvalue weighted by molar-refractivity contribution is 7.88. The summed E-state index contributed by atoms with van der Waals surface area (Å²) in [7, 11) is -3.59. The summed E-state index contributed by atoms with van der Waals surface area (Å²) in [4.78, 5) is 19.5. The molecule has 9 heteroatoms. The monoisotopic (exact) mass is 490 g/mol. The number of hydrogen-bond donors (Lipinski definition) is 1. The number of nitrogens with one attached hydrogen (secondary N) is 1. The second-order valence-electron chi connectivity index (χ2n) is 10.0. The normalized spacial score (nSPS) is 20.2. The quantitative estimate of drug-likeness (QED) is 0.615. The van der Waals surface area contributed by atoms with Gasteiger partial charge < -0.3 is 9.47 Å². The molecule has 1 atom stereocenters. The van der Waals surface area contributed by atoms with Crippen LogP contribution in [0.3, 0.4) is 0 Å². The van der Waals surface area contributed by atoms with E-state index in [0.717, 1.165) is 25.6 Å². The molecule has 1 unspecified atom stereocenters. The summed E-state index contributed by atoms with van der Waals surface area (Å²) < 4.78 is 42.0. The number of likely N-dealkylation sites (tertiary alicyclic amines) is 1. The minimum Gasteiger partial charge on any atom is -0.341 e. The molecule has 4 rings (SSSR count). The van der Waals surface area contributed by atoms with Gasteiger partial charge in [0.1, 0.15) is 11.9 Å². The maximum atomic E-state index is 13.5. The van der Waals surface area contributed by atoms with Crippen molar-refractivity contribution in [2.75, 3.05) is 19.3 Å². The van der Waals surface area contributed by atoms with E-state index >= 15 is 0 Å². The lowest BCUT2D eigenvalue weighted by molar-refractivity contribution is -0.136. The molecule has 7 nitrogen and oxygen atoms in total. The van der Waals surface area contributed by atoms with Crippen LogP contribution >= 0.6 is 0 Å². The van der Waals surface area contributed by atoms with Gasteiger partial charge in [-0.2, -0.15) is 0 Å². The molecule has 2 fully saturated rings. The molecule has 186 valence electrons. The summed E-state index contributed by atoms with van der Waals surface area (Å²) in [5, 5.41) is 0. The first-order valence-corrected chi connectivity index (χ1v) is 14.1. The Labute approximate surface area is 201 Å². The van der Waals surface area contributed by atoms with Crippen LogP contribution < -0.4 is 4.72 Å². The Morgan fingerprint density at radius 3 is 2.44 bits per heavy atom. The minimum atomic E-state index is -3.59. The molecule has 1 aromatic carbocycles. The van der Waals surface area contributed by atoms with Crippen molar-refractivity contribution in [3.05, 3.63) is 54.4 Å². The van der Waals surface area contributed by atoms with E-state index in [9.17, 15) is 17.6 Å². The molecule has 1 saturated heterocycles. The van der Waals surface area contributed by atoms with Crippen molar-refractivity contribution in [1.29, 1.82) is 0 Å². The van der Waals surface area contributed by atoms with E-state index in [4.69, 9.17) is 0 Å². The molecule has 1 aliphatic heterocycles. The highest BCUT2D eigenvalue weighted by atomic mass is 32.2. The average molecular weight is 491 g/mol. The predicted octanol–water partition coefficient (Wildman–Crippen LogP) is 3.37. The Hall–Kier alpha value is -2.26. The van der Waals surface area contributed by atoms with Gasteiger partial charge in [0, 0.05) is 32.0 Å². The second kappa shape index (κ2) is 10.6. The number of carbonyl (C=O) groups is 1. The highest BCUT2D eigenvalue weighted by Gasteiger charge is 2.43. The van der Waals surface area contributed by atoms with E-state index in [0.29, 0.717) is 24.6 Å². The van der Waals surface area contributed by atoms with Crippen LogP contribution in [0.15, 0.2) is 43.0 Å². The van der Waals surface area contributed by atoms with Gasteiger partial charge in [0.25, 0.3) is 0 Å². The summed E-state index contributed by atoms with van der Waals surface area (Å²) in [5.41, 5.74) is 0.832. The third-order valence-electron chi connectivity index (χ3n) is 7.61. The van der Waals surface area contributed by atoms with Crippen LogP contribution in [0.5, 0.6) is 0 Å². The summed E-state index contributed by atoms with van der Waals surface area (Å²) in [6, 6.07) is 4.93. The van der Waals surface area contributed by atoms with Gasteiger partial charge in [-0.15, -0.1) is 0 Å². The van der Waals surface area contributed by atoms with Gasteiger partial charge in [-0.05, 0) is 61.1 Å². The van der Waals surface area contributed by atoms with Crippen LogP contribution in [-0.2, 0) is 27.8 Å². The number of hydrogen-bond acceptors (Lipinski definition) is 4. The Balaban J connectivity index is 1.48. The molecule has 2 heterocycles. The van der Waals surface area contributed by atoms with E-state index in [-0.39, 0.29) is 23.6 Å². The lowest BCUT2D eigenvalue weighted by Crippen LogP contribution is -2.54. The molecular weight excluding hydrogens is 455 g/mol. The number of piperidine rings is 1. The Bertz CT molecular complexity index is 1040. The molecule has 2 aliphatic rings. The van der Waals surface area contributed by atoms with Crippen LogP contribution in [0.25, 0.3) is 0 Å². The largest absolute Gasteiger partial charge is 0.341 e. The Kier molecular flexibility index (Phi) is 7.72. The van der Waals surface area contributed by atoms with Gasteiger partial charge in [-0.1, -0.05) is 31.4 Å². The maximum Gasteiger partial charge on any atom is 0.241 e. The second-order valence-corrected chi connectivity index (χ2v) is 11.8. The number of benzene rings is 1. The first-order chi connectivity index (χ1) is 16.2. The predicted molar refractivity (Wildman–Crippen MR) is 129 cm³/mol. The zero-order valence-corrected chi connectivity index (χ0v) is 20.6. The number of rotatable bonds is 8. The van der Waals surface area contributed by atoms with E-state index in [2.05, 4.69) is 14.3 Å². The number of nitrogens with zero attached hydrogens (tertiary/aromatic N) is 3. The van der Waals surface area contributed by atoms with Crippen molar-refractivity contribution >= 4 is 15.9 Å². The third kappa shape index (κ3) is 6.24. The van der Waals surface area contributed by atoms with Crippen molar-refractivity contribution in [2.45, 2.75) is 64.0 Å². The fourth-order valence-electron chi connectivity index (χ4n) is 5.84. The van der Waals surface area contributed by atoms with Gasteiger partial charge in [0.15, 0.2) is 0 Å². The van der Waals surface area contributed by atoms with E-state index < -0.39 is 16.1 Å². The van der Waals surface area contributed by atoms with Gasteiger partial charge in [-0.25, -0.2) is 22.5 Å². The number of amides is 1. The lowest BCUT2D eigenvalue weighted by atomic mass is 9.63. The summed E-state index contributed by atoms with van der Waals surface area (Å²) >= 11 is 0. The molecule has 34 heavy (non-hydrogen) atoms. The van der Waals surface area contributed by atoms with Crippen molar-refractivity contribution in [1.82, 2.24) is 19.2 Å². The number of halogens is 1. The summed E-state index contributed by atoms with van der Waals surface area (Å²) in [6.45, 7) is 2.12. The van der Waals surface area contributed by atoms with Gasteiger partial charge in [0.05, 0.1) is 12.6 Å². The fourth-order valence-corrected chi connectivity index (χ4v) is 6.54. The molecule has 0 spiro atoms. The molecule has 1 amide bonds. The standard InChI is InChI=1S/C25H35FN4O3S/c1-34(32,33)28-23(17-20-7-9-22(26)10-8-20)24(31)30-14-11-25(12-15-30,18-29-16-13-27-19-29)21-5-3-2-4-6-21/h7-10,13,16,19,21,23,28H,2-6,11-12,14-15,17-18H2,1H3. The minimum absolute atomic E-state index is 0.120. The van der Waals surface area contributed by atoms with E-state index in [1.54, 1.807) is 17.0 Å². The van der Waals surface area contributed by atoms with Crippen LogP contribution in [-0.4, -0.2) is 54.2 Å². The fraction of sp³-hybridized carbons (Fsp3) is 0.600.